The van der Waals surface area contributed by atoms with E-state index in [-0.39, 0.29) is 5.95 Å². The third-order valence-corrected chi connectivity index (χ3v) is 4.48. The number of rotatable bonds is 12. The summed E-state index contributed by atoms with van der Waals surface area (Å²) in [5.41, 5.74) is 6.82. The summed E-state index contributed by atoms with van der Waals surface area (Å²) in [6, 6.07) is 2.48. The second-order valence-corrected chi connectivity index (χ2v) is 6.52. The summed E-state index contributed by atoms with van der Waals surface area (Å²) in [4.78, 5) is 8.78. The molecular weight excluding hydrogens is 328 g/mol. The number of anilines is 1. The van der Waals surface area contributed by atoms with E-state index in [0.717, 1.165) is 23.9 Å². The molecule has 0 amide bonds. The topological polar surface area (TPSA) is 75.2 Å². The zero-order valence-corrected chi connectivity index (χ0v) is 16.3. The molecule has 0 bridgehead atoms. The molecule has 0 saturated heterocycles. The minimum atomic E-state index is 0.248. The van der Waals surface area contributed by atoms with Crippen molar-refractivity contribution in [3.63, 3.8) is 0 Å². The second kappa shape index (κ2) is 10.8. The Labute approximate surface area is 156 Å². The molecule has 6 nitrogen and oxygen atoms in total. The zero-order chi connectivity index (χ0) is 18.8. The molecule has 26 heavy (non-hydrogen) atoms. The van der Waals surface area contributed by atoms with Crippen LogP contribution in [0.2, 0.25) is 0 Å². The number of hydrogen-bond donors (Lipinski definition) is 1. The van der Waals surface area contributed by atoms with Crippen LogP contribution in [0.25, 0.3) is 11.0 Å². The first-order valence-corrected chi connectivity index (χ1v) is 9.62. The summed E-state index contributed by atoms with van der Waals surface area (Å²) in [6.07, 6.45) is 13.0. The average molecular weight is 361 g/mol. The molecule has 2 rings (SSSR count). The summed E-state index contributed by atoms with van der Waals surface area (Å²) in [5, 5.41) is 0.914. The highest BCUT2D eigenvalue weighted by Crippen LogP contribution is 2.30. The van der Waals surface area contributed by atoms with Gasteiger partial charge in [-0.05, 0) is 25.0 Å². The standard InChI is InChI=1S/C20H32N4O2/c1-4-6-10-16(11-7-5-2)24-13-12-17-18(24)22-20(21)23-19(17)26-15-9-8-14-25-3/h8-9,12-13,16H,4-7,10-11,14-15H2,1-3H3,(H2,21,22,23)/b9-8+. The number of methoxy groups -OCH3 is 1. The molecule has 0 radical (unpaired) electrons. The van der Waals surface area contributed by atoms with Gasteiger partial charge in [-0.15, -0.1) is 0 Å². The minimum absolute atomic E-state index is 0.248. The van der Waals surface area contributed by atoms with Crippen molar-refractivity contribution >= 4 is 17.0 Å². The highest BCUT2D eigenvalue weighted by molar-refractivity contribution is 5.82. The molecule has 0 fully saturated rings. The van der Waals surface area contributed by atoms with E-state index in [4.69, 9.17) is 15.2 Å². The smallest absolute Gasteiger partial charge is 0.228 e. The molecule has 2 aromatic heterocycles. The maximum absolute atomic E-state index is 5.95. The fourth-order valence-electron chi connectivity index (χ4n) is 3.09. The molecule has 0 atom stereocenters. The molecule has 0 spiro atoms. The van der Waals surface area contributed by atoms with Crippen LogP contribution in [0.15, 0.2) is 24.4 Å². The SMILES string of the molecule is CCCCC(CCCC)n1ccc2c(OC/C=C/COC)nc(N)nc21. The monoisotopic (exact) mass is 360 g/mol. The molecule has 6 heteroatoms. The Morgan fingerprint density at radius 3 is 2.46 bits per heavy atom. The Balaban J connectivity index is 2.25. The van der Waals surface area contributed by atoms with Crippen molar-refractivity contribution in [1.82, 2.24) is 14.5 Å². The number of ether oxygens (including phenoxy) is 2. The van der Waals surface area contributed by atoms with Crippen molar-refractivity contribution < 1.29 is 9.47 Å². The van der Waals surface area contributed by atoms with Gasteiger partial charge in [0.25, 0.3) is 0 Å². The molecular formula is C20H32N4O2. The molecule has 0 aliphatic rings. The number of nitrogens with two attached hydrogens (primary N) is 1. The molecule has 0 saturated carbocycles. The van der Waals surface area contributed by atoms with Gasteiger partial charge in [-0.2, -0.15) is 9.97 Å². The molecule has 0 aliphatic heterocycles. The summed E-state index contributed by atoms with van der Waals surface area (Å²) >= 11 is 0. The van der Waals surface area contributed by atoms with Gasteiger partial charge in [-0.25, -0.2) is 0 Å². The summed E-state index contributed by atoms with van der Waals surface area (Å²) in [6.45, 7) is 5.45. The van der Waals surface area contributed by atoms with E-state index in [9.17, 15) is 0 Å². The number of nitrogens with zero attached hydrogens (tertiary/aromatic N) is 3. The van der Waals surface area contributed by atoms with E-state index >= 15 is 0 Å². The largest absolute Gasteiger partial charge is 0.473 e. The summed E-state index contributed by atoms with van der Waals surface area (Å²) in [5.74, 6) is 0.788. The minimum Gasteiger partial charge on any atom is -0.473 e. The van der Waals surface area contributed by atoms with Crippen LogP contribution in [0, 0.1) is 0 Å². The normalized spacial score (nSPS) is 11.8. The molecule has 144 valence electrons. The molecule has 2 N–H and O–H groups in total. The van der Waals surface area contributed by atoms with Crippen LogP contribution in [-0.4, -0.2) is 34.9 Å². The number of fused-ring (bicyclic) bond motifs is 1. The van der Waals surface area contributed by atoms with Crippen LogP contribution < -0.4 is 10.5 Å². The molecule has 2 heterocycles. The summed E-state index contributed by atoms with van der Waals surface area (Å²) < 4.78 is 13.1. The lowest BCUT2D eigenvalue weighted by atomic mass is 10.0. The lowest BCUT2D eigenvalue weighted by Crippen LogP contribution is -2.10. The highest BCUT2D eigenvalue weighted by atomic mass is 16.5. The quantitative estimate of drug-likeness (QED) is 0.563. The Bertz CT molecular complexity index is 688. The van der Waals surface area contributed by atoms with E-state index in [1.165, 1.54) is 25.7 Å². The van der Waals surface area contributed by atoms with Crippen molar-refractivity contribution in [2.24, 2.45) is 0 Å². The van der Waals surface area contributed by atoms with Gasteiger partial charge in [0.1, 0.15) is 12.3 Å². The van der Waals surface area contributed by atoms with Gasteiger partial charge in [-0.1, -0.05) is 45.6 Å². The van der Waals surface area contributed by atoms with Crippen LogP contribution in [0.3, 0.4) is 0 Å². The van der Waals surface area contributed by atoms with Crippen LogP contribution in [0.1, 0.15) is 58.4 Å². The van der Waals surface area contributed by atoms with Gasteiger partial charge >= 0.3 is 0 Å². The van der Waals surface area contributed by atoms with Gasteiger partial charge in [-0.3, -0.25) is 0 Å². The predicted octanol–water partition coefficient (Wildman–Crippen LogP) is 4.52. The number of nitrogen functional groups attached to an aromatic ring is 1. The Hall–Kier alpha value is -2.08. The maximum atomic E-state index is 5.95. The maximum Gasteiger partial charge on any atom is 0.228 e. The zero-order valence-electron chi connectivity index (χ0n) is 16.3. The number of unbranched alkanes of at least 4 members (excludes halogenated alkanes) is 2. The average Bonchev–Trinajstić information content (AvgIpc) is 3.05. The van der Waals surface area contributed by atoms with E-state index in [0.29, 0.717) is 25.1 Å². The summed E-state index contributed by atoms with van der Waals surface area (Å²) in [7, 11) is 1.66. The van der Waals surface area contributed by atoms with Crippen molar-refractivity contribution in [3.8, 4) is 5.88 Å². The Kier molecular flexibility index (Phi) is 8.41. The Morgan fingerprint density at radius 2 is 1.81 bits per heavy atom. The second-order valence-electron chi connectivity index (χ2n) is 6.52. The number of hydrogen-bond acceptors (Lipinski definition) is 5. The van der Waals surface area contributed by atoms with Crippen LogP contribution in [0.4, 0.5) is 5.95 Å². The van der Waals surface area contributed by atoms with Crippen LogP contribution in [-0.2, 0) is 4.74 Å². The van der Waals surface area contributed by atoms with Gasteiger partial charge in [0.15, 0.2) is 0 Å². The first-order valence-electron chi connectivity index (χ1n) is 9.62. The lowest BCUT2D eigenvalue weighted by Gasteiger charge is -2.19. The molecule has 0 unspecified atom stereocenters. The molecule has 0 aromatic carbocycles. The van der Waals surface area contributed by atoms with E-state index in [1.807, 2.05) is 18.2 Å². The van der Waals surface area contributed by atoms with Crippen LogP contribution >= 0.6 is 0 Å². The van der Waals surface area contributed by atoms with Gasteiger partial charge in [0, 0.05) is 19.3 Å². The molecule has 2 aromatic rings. The first kappa shape index (κ1) is 20.2. The third-order valence-electron chi connectivity index (χ3n) is 4.48. The van der Waals surface area contributed by atoms with Crippen molar-refractivity contribution in [1.29, 1.82) is 0 Å². The van der Waals surface area contributed by atoms with E-state index in [2.05, 4.69) is 34.6 Å². The fourth-order valence-corrected chi connectivity index (χ4v) is 3.09. The Morgan fingerprint density at radius 1 is 1.12 bits per heavy atom. The lowest BCUT2D eigenvalue weighted by molar-refractivity contribution is 0.233. The van der Waals surface area contributed by atoms with Gasteiger partial charge in [0.05, 0.1) is 12.0 Å². The number of aromatic nitrogens is 3. The third kappa shape index (κ3) is 5.46. The first-order chi connectivity index (χ1) is 12.7. The van der Waals surface area contributed by atoms with Crippen molar-refractivity contribution in [2.75, 3.05) is 26.1 Å². The van der Waals surface area contributed by atoms with E-state index < -0.39 is 0 Å². The van der Waals surface area contributed by atoms with Gasteiger partial charge < -0.3 is 19.8 Å². The van der Waals surface area contributed by atoms with Crippen molar-refractivity contribution in [3.05, 3.63) is 24.4 Å². The fraction of sp³-hybridized carbons (Fsp3) is 0.600. The van der Waals surface area contributed by atoms with Crippen molar-refractivity contribution in [2.45, 2.75) is 58.4 Å². The van der Waals surface area contributed by atoms with Gasteiger partial charge in [0.2, 0.25) is 11.8 Å². The predicted molar refractivity (Wildman–Crippen MR) is 107 cm³/mol. The van der Waals surface area contributed by atoms with E-state index in [1.54, 1.807) is 7.11 Å². The highest BCUT2D eigenvalue weighted by Gasteiger charge is 2.17. The van der Waals surface area contributed by atoms with Crippen LogP contribution in [0.5, 0.6) is 5.88 Å². The molecule has 0 aliphatic carbocycles.